The third-order valence-electron chi connectivity index (χ3n) is 1.17. The van der Waals surface area contributed by atoms with E-state index < -0.39 is 6.61 Å². The Bertz CT molecular complexity index is 139. The lowest BCUT2D eigenvalue weighted by Crippen LogP contribution is -2.31. The van der Waals surface area contributed by atoms with Gasteiger partial charge in [-0.25, -0.2) is 0 Å². The van der Waals surface area contributed by atoms with Crippen LogP contribution in [0.1, 0.15) is 13.8 Å². The second kappa shape index (κ2) is 5.88. The van der Waals surface area contributed by atoms with Gasteiger partial charge in [0.1, 0.15) is 0 Å². The smallest absolute Gasteiger partial charge is 0.345 e. The van der Waals surface area contributed by atoms with Gasteiger partial charge in [0.15, 0.2) is 0 Å². The maximum absolute atomic E-state index is 11.4. The number of rotatable bonds is 5. The Balaban J connectivity index is 3.26. The summed E-state index contributed by atoms with van der Waals surface area (Å²) in [5, 5.41) is 2.44. The summed E-state index contributed by atoms with van der Waals surface area (Å²) in [6, 6.07) is 0. The van der Waals surface area contributed by atoms with E-state index in [9.17, 15) is 13.6 Å². The van der Waals surface area contributed by atoms with Gasteiger partial charge in [0.05, 0.1) is 6.61 Å². The zero-order valence-corrected chi connectivity index (χ0v) is 7.14. The minimum absolute atomic E-state index is 0.126. The van der Waals surface area contributed by atoms with E-state index in [-0.39, 0.29) is 25.0 Å². The molecule has 0 spiro atoms. The molecule has 1 N–H and O–H groups in total. The Labute approximate surface area is 70.1 Å². The predicted octanol–water partition coefficient (Wildman–Crippen LogP) is 0.998. The average molecular weight is 181 g/mol. The average Bonchev–Trinajstić information content (AvgIpc) is 1.97. The van der Waals surface area contributed by atoms with Gasteiger partial charge in [-0.05, 0) is 0 Å². The summed E-state index contributed by atoms with van der Waals surface area (Å²) < 4.78 is 26.7. The molecule has 0 aromatic rings. The summed E-state index contributed by atoms with van der Waals surface area (Å²) in [6.45, 7) is 0.658. The summed E-state index contributed by atoms with van der Waals surface area (Å²) in [7, 11) is 0. The highest BCUT2D eigenvalue weighted by Crippen LogP contribution is 1.93. The number of carbonyl (C=O) groups excluding carboxylic acids is 1. The van der Waals surface area contributed by atoms with Gasteiger partial charge in [-0.15, -0.1) is 0 Å². The molecule has 0 radical (unpaired) electrons. The molecular formula is C7H13F2NO2. The van der Waals surface area contributed by atoms with Gasteiger partial charge in [0, 0.05) is 12.5 Å². The van der Waals surface area contributed by atoms with Crippen molar-refractivity contribution in [2.45, 2.75) is 20.5 Å². The van der Waals surface area contributed by atoms with Crippen molar-refractivity contribution in [3.05, 3.63) is 0 Å². The molecule has 0 fully saturated rings. The van der Waals surface area contributed by atoms with Crippen LogP contribution >= 0.6 is 0 Å². The minimum atomic E-state index is -2.76. The standard InChI is InChI=1S/C7H13F2NO2/c1-5(2)6(11)10-3-4-12-7(8)9/h5,7H,3-4H2,1-2H3,(H,10,11). The Hall–Kier alpha value is -0.710. The van der Waals surface area contributed by atoms with Crippen molar-refractivity contribution in [1.29, 1.82) is 0 Å². The van der Waals surface area contributed by atoms with E-state index in [1.165, 1.54) is 0 Å². The molecule has 0 atom stereocenters. The van der Waals surface area contributed by atoms with Gasteiger partial charge in [0.25, 0.3) is 0 Å². The van der Waals surface area contributed by atoms with Gasteiger partial charge in [-0.1, -0.05) is 13.8 Å². The first kappa shape index (κ1) is 11.3. The molecule has 0 heterocycles. The van der Waals surface area contributed by atoms with E-state index in [1.807, 2.05) is 0 Å². The van der Waals surface area contributed by atoms with E-state index in [0.717, 1.165) is 0 Å². The monoisotopic (exact) mass is 181 g/mol. The van der Waals surface area contributed by atoms with Crippen molar-refractivity contribution in [3.8, 4) is 0 Å². The van der Waals surface area contributed by atoms with Crippen LogP contribution in [0.25, 0.3) is 0 Å². The molecule has 5 heteroatoms. The molecule has 0 bridgehead atoms. The van der Waals surface area contributed by atoms with Gasteiger partial charge >= 0.3 is 6.61 Å². The Morgan fingerprint density at radius 2 is 2.08 bits per heavy atom. The lowest BCUT2D eigenvalue weighted by Gasteiger charge is -2.07. The Kier molecular flexibility index (Phi) is 5.53. The van der Waals surface area contributed by atoms with E-state index in [2.05, 4.69) is 10.1 Å². The molecule has 1 amide bonds. The third-order valence-corrected chi connectivity index (χ3v) is 1.17. The van der Waals surface area contributed by atoms with Crippen molar-refractivity contribution in [2.75, 3.05) is 13.2 Å². The number of amides is 1. The SMILES string of the molecule is CC(C)C(=O)NCCOC(F)F. The fraction of sp³-hybridized carbons (Fsp3) is 0.857. The normalized spacial score (nSPS) is 10.8. The number of halogens is 2. The second-order valence-corrected chi connectivity index (χ2v) is 2.58. The summed E-state index contributed by atoms with van der Waals surface area (Å²) >= 11 is 0. The molecule has 0 saturated heterocycles. The number of ether oxygens (including phenoxy) is 1. The molecule has 72 valence electrons. The maximum atomic E-state index is 11.4. The highest BCUT2D eigenvalue weighted by Gasteiger charge is 2.06. The molecule has 12 heavy (non-hydrogen) atoms. The molecule has 0 aliphatic rings. The predicted molar refractivity (Wildman–Crippen MR) is 39.8 cm³/mol. The van der Waals surface area contributed by atoms with Crippen LogP contribution in [0, 0.1) is 5.92 Å². The quantitative estimate of drug-likeness (QED) is 0.642. The van der Waals surface area contributed by atoms with Crippen molar-refractivity contribution in [3.63, 3.8) is 0 Å². The lowest BCUT2D eigenvalue weighted by atomic mass is 10.2. The molecular weight excluding hydrogens is 168 g/mol. The van der Waals surface area contributed by atoms with Crippen LogP contribution in [0.15, 0.2) is 0 Å². The maximum Gasteiger partial charge on any atom is 0.345 e. The van der Waals surface area contributed by atoms with Crippen molar-refractivity contribution in [2.24, 2.45) is 5.92 Å². The van der Waals surface area contributed by atoms with Gasteiger partial charge < -0.3 is 10.1 Å². The van der Waals surface area contributed by atoms with Crippen molar-refractivity contribution < 1.29 is 18.3 Å². The molecule has 0 aromatic carbocycles. The van der Waals surface area contributed by atoms with Gasteiger partial charge in [-0.3, -0.25) is 4.79 Å². The third kappa shape index (κ3) is 6.03. The van der Waals surface area contributed by atoms with E-state index in [4.69, 9.17) is 0 Å². The van der Waals surface area contributed by atoms with E-state index >= 15 is 0 Å². The molecule has 0 unspecified atom stereocenters. The molecule has 0 aliphatic heterocycles. The second-order valence-electron chi connectivity index (χ2n) is 2.58. The Morgan fingerprint density at radius 1 is 1.50 bits per heavy atom. The summed E-state index contributed by atoms with van der Waals surface area (Å²) in [6.07, 6.45) is 0. The minimum Gasteiger partial charge on any atom is -0.354 e. The topological polar surface area (TPSA) is 38.3 Å². The first-order chi connectivity index (χ1) is 5.54. The number of hydrogen-bond acceptors (Lipinski definition) is 2. The zero-order chi connectivity index (χ0) is 9.56. The number of hydrogen-bond donors (Lipinski definition) is 1. The molecule has 0 aliphatic carbocycles. The van der Waals surface area contributed by atoms with Crippen LogP contribution in [0.5, 0.6) is 0 Å². The highest BCUT2D eigenvalue weighted by atomic mass is 19.3. The van der Waals surface area contributed by atoms with Gasteiger partial charge in [0.2, 0.25) is 5.91 Å². The Morgan fingerprint density at radius 3 is 2.50 bits per heavy atom. The molecule has 0 aromatic heterocycles. The summed E-state index contributed by atoms with van der Waals surface area (Å²) in [5.41, 5.74) is 0. The fourth-order valence-corrected chi connectivity index (χ4v) is 0.526. The van der Waals surface area contributed by atoms with Crippen LogP contribution in [0.2, 0.25) is 0 Å². The number of nitrogens with one attached hydrogen (secondary N) is 1. The van der Waals surface area contributed by atoms with Gasteiger partial charge in [-0.2, -0.15) is 8.78 Å². The number of carbonyl (C=O) groups is 1. The zero-order valence-electron chi connectivity index (χ0n) is 7.14. The van der Waals surface area contributed by atoms with Crippen molar-refractivity contribution >= 4 is 5.91 Å². The highest BCUT2D eigenvalue weighted by molar-refractivity contribution is 5.77. The van der Waals surface area contributed by atoms with Crippen LogP contribution in [-0.2, 0) is 9.53 Å². The first-order valence-electron chi connectivity index (χ1n) is 3.71. The summed E-state index contributed by atoms with van der Waals surface area (Å²) in [5.74, 6) is -0.288. The first-order valence-corrected chi connectivity index (χ1v) is 3.71. The van der Waals surface area contributed by atoms with Crippen molar-refractivity contribution in [1.82, 2.24) is 5.32 Å². The van der Waals surface area contributed by atoms with E-state index in [1.54, 1.807) is 13.8 Å². The molecule has 3 nitrogen and oxygen atoms in total. The number of alkyl halides is 2. The van der Waals surface area contributed by atoms with Crippen LogP contribution < -0.4 is 5.32 Å². The molecule has 0 saturated carbocycles. The van der Waals surface area contributed by atoms with Crippen LogP contribution in [0.3, 0.4) is 0 Å². The summed E-state index contributed by atoms with van der Waals surface area (Å²) in [4.78, 5) is 10.8. The molecule has 0 rings (SSSR count). The van der Waals surface area contributed by atoms with E-state index in [0.29, 0.717) is 0 Å². The fourth-order valence-electron chi connectivity index (χ4n) is 0.526. The van der Waals surface area contributed by atoms with Crippen LogP contribution in [-0.4, -0.2) is 25.7 Å². The largest absolute Gasteiger partial charge is 0.354 e. The van der Waals surface area contributed by atoms with Crippen LogP contribution in [0.4, 0.5) is 8.78 Å². The lowest BCUT2D eigenvalue weighted by molar-refractivity contribution is -0.133.